The lowest BCUT2D eigenvalue weighted by Gasteiger charge is -2.19. The van der Waals surface area contributed by atoms with E-state index in [1.54, 1.807) is 11.3 Å². The van der Waals surface area contributed by atoms with E-state index in [0.717, 1.165) is 17.6 Å². The average molecular weight is 285 g/mol. The summed E-state index contributed by atoms with van der Waals surface area (Å²) in [5.74, 6) is 0. The Morgan fingerprint density at radius 2 is 2.25 bits per heavy atom. The van der Waals surface area contributed by atoms with E-state index < -0.39 is 0 Å². The largest absolute Gasteiger partial charge is 0.423 e. The summed E-state index contributed by atoms with van der Waals surface area (Å²) >= 11 is 1.72. The van der Waals surface area contributed by atoms with Crippen LogP contribution in [0.15, 0.2) is 39.4 Å². The number of nitrogen functional groups attached to an aromatic ring is 1. The van der Waals surface area contributed by atoms with Crippen LogP contribution in [0.25, 0.3) is 11.1 Å². The first kappa shape index (κ1) is 11.8. The van der Waals surface area contributed by atoms with Gasteiger partial charge in [0.2, 0.25) is 0 Å². The molecule has 0 bridgehead atoms. The maximum atomic E-state index is 5.90. The van der Waals surface area contributed by atoms with Gasteiger partial charge >= 0.3 is 0 Å². The molecule has 1 saturated carbocycles. The summed E-state index contributed by atoms with van der Waals surface area (Å²) in [7, 11) is 0. The summed E-state index contributed by atoms with van der Waals surface area (Å²) in [5, 5.41) is 4.28. The summed E-state index contributed by atoms with van der Waals surface area (Å²) in [6.45, 7) is 0.858. The fraction of sp³-hybridized carbons (Fsp3) is 0.267. The molecule has 0 saturated heterocycles. The third-order valence-corrected chi connectivity index (χ3v) is 4.30. The zero-order valence-corrected chi connectivity index (χ0v) is 11.8. The lowest BCUT2D eigenvalue weighted by Crippen LogP contribution is -2.24. The van der Waals surface area contributed by atoms with E-state index in [2.05, 4.69) is 26.7 Å². The molecule has 1 aromatic carbocycles. The molecule has 20 heavy (non-hydrogen) atoms. The van der Waals surface area contributed by atoms with Crippen molar-refractivity contribution < 1.29 is 4.42 Å². The molecule has 0 aliphatic heterocycles. The highest BCUT2D eigenvalue weighted by Gasteiger charge is 2.32. The number of hydrogen-bond donors (Lipinski definition) is 1. The van der Waals surface area contributed by atoms with Crippen molar-refractivity contribution >= 4 is 34.1 Å². The third kappa shape index (κ3) is 2.14. The van der Waals surface area contributed by atoms with Gasteiger partial charge in [0.25, 0.3) is 6.01 Å². The molecule has 0 spiro atoms. The van der Waals surface area contributed by atoms with Crippen molar-refractivity contribution in [2.75, 3.05) is 10.6 Å². The van der Waals surface area contributed by atoms with E-state index in [-0.39, 0.29) is 0 Å². The smallest absolute Gasteiger partial charge is 0.298 e. The Balaban J connectivity index is 1.70. The second-order valence-corrected chi connectivity index (χ2v) is 5.99. The molecule has 0 unspecified atom stereocenters. The lowest BCUT2D eigenvalue weighted by atomic mass is 10.3. The number of nitrogens with zero attached hydrogens (tertiary/aromatic N) is 2. The molecule has 2 heterocycles. The van der Waals surface area contributed by atoms with Crippen molar-refractivity contribution in [2.24, 2.45) is 0 Å². The van der Waals surface area contributed by atoms with Crippen LogP contribution in [0.4, 0.5) is 11.7 Å². The normalized spacial score (nSPS) is 14.8. The van der Waals surface area contributed by atoms with Crippen LogP contribution >= 0.6 is 11.3 Å². The van der Waals surface area contributed by atoms with Gasteiger partial charge in [-0.1, -0.05) is 0 Å². The maximum Gasteiger partial charge on any atom is 0.298 e. The van der Waals surface area contributed by atoms with E-state index in [9.17, 15) is 0 Å². The van der Waals surface area contributed by atoms with Crippen LogP contribution in [0.3, 0.4) is 0 Å². The Kier molecular flexibility index (Phi) is 2.67. The molecule has 0 amide bonds. The van der Waals surface area contributed by atoms with Crippen molar-refractivity contribution in [3.8, 4) is 0 Å². The van der Waals surface area contributed by atoms with Gasteiger partial charge in [0, 0.05) is 18.3 Å². The van der Waals surface area contributed by atoms with Crippen molar-refractivity contribution in [3.63, 3.8) is 0 Å². The number of aromatic nitrogens is 1. The molecule has 5 heteroatoms. The summed E-state index contributed by atoms with van der Waals surface area (Å²) in [5.41, 5.74) is 9.45. The number of fused-ring (bicyclic) bond motifs is 1. The zero-order valence-electron chi connectivity index (χ0n) is 11.0. The maximum absolute atomic E-state index is 5.90. The molecule has 3 aromatic rings. The number of rotatable bonds is 4. The van der Waals surface area contributed by atoms with Crippen LogP contribution in [0.5, 0.6) is 0 Å². The standard InChI is InChI=1S/C15H15N3OS/c16-11-1-4-14-13(7-11)17-15(19-14)18(12-2-3-12)8-10-5-6-20-9-10/h1,4-7,9,12H,2-3,8,16H2. The van der Waals surface area contributed by atoms with E-state index in [1.807, 2.05) is 18.2 Å². The second kappa shape index (κ2) is 4.52. The predicted octanol–water partition coefficient (Wildman–Crippen LogP) is 3.64. The molecule has 1 aliphatic carbocycles. The van der Waals surface area contributed by atoms with E-state index in [1.165, 1.54) is 18.4 Å². The molecular weight excluding hydrogens is 270 g/mol. The van der Waals surface area contributed by atoms with Crippen molar-refractivity contribution in [1.82, 2.24) is 4.98 Å². The first-order chi connectivity index (χ1) is 9.79. The summed E-state index contributed by atoms with van der Waals surface area (Å²) < 4.78 is 5.90. The first-order valence-electron chi connectivity index (χ1n) is 6.73. The molecule has 4 nitrogen and oxygen atoms in total. The van der Waals surface area contributed by atoms with Crippen LogP contribution < -0.4 is 10.6 Å². The molecule has 1 aliphatic rings. The fourth-order valence-corrected chi connectivity index (χ4v) is 3.03. The van der Waals surface area contributed by atoms with Crippen molar-refractivity contribution in [1.29, 1.82) is 0 Å². The minimum Gasteiger partial charge on any atom is -0.423 e. The van der Waals surface area contributed by atoms with Gasteiger partial charge in [0.05, 0.1) is 0 Å². The van der Waals surface area contributed by atoms with Gasteiger partial charge < -0.3 is 15.1 Å². The third-order valence-electron chi connectivity index (χ3n) is 3.57. The Morgan fingerprint density at radius 3 is 3.00 bits per heavy atom. The number of nitrogens with two attached hydrogens (primary N) is 1. The minimum absolute atomic E-state index is 0.556. The molecule has 1 fully saturated rings. The highest BCUT2D eigenvalue weighted by Crippen LogP contribution is 2.34. The lowest BCUT2D eigenvalue weighted by molar-refractivity contribution is 0.562. The van der Waals surface area contributed by atoms with Crippen molar-refractivity contribution in [2.45, 2.75) is 25.4 Å². The number of oxazole rings is 1. The van der Waals surface area contributed by atoms with E-state index >= 15 is 0 Å². The van der Waals surface area contributed by atoms with Gasteiger partial charge in [-0.2, -0.15) is 16.3 Å². The molecule has 102 valence electrons. The van der Waals surface area contributed by atoms with Crippen LogP contribution in [-0.4, -0.2) is 11.0 Å². The molecule has 0 atom stereocenters. The highest BCUT2D eigenvalue weighted by atomic mass is 32.1. The van der Waals surface area contributed by atoms with Gasteiger partial charge in [0.1, 0.15) is 5.52 Å². The Morgan fingerprint density at radius 1 is 1.35 bits per heavy atom. The quantitative estimate of drug-likeness (QED) is 0.744. The van der Waals surface area contributed by atoms with Gasteiger partial charge in [-0.3, -0.25) is 0 Å². The number of hydrogen-bond acceptors (Lipinski definition) is 5. The van der Waals surface area contributed by atoms with Gasteiger partial charge in [-0.25, -0.2) is 0 Å². The monoisotopic (exact) mass is 285 g/mol. The number of thiophene rings is 1. The molecular formula is C15H15N3OS. The predicted molar refractivity (Wildman–Crippen MR) is 81.9 cm³/mol. The molecule has 2 N–H and O–H groups in total. The Labute approximate surface area is 120 Å². The van der Waals surface area contributed by atoms with Crippen LogP contribution in [-0.2, 0) is 6.54 Å². The topological polar surface area (TPSA) is 55.3 Å². The fourth-order valence-electron chi connectivity index (χ4n) is 2.37. The molecule has 4 rings (SSSR count). The highest BCUT2D eigenvalue weighted by molar-refractivity contribution is 7.07. The van der Waals surface area contributed by atoms with Crippen molar-refractivity contribution in [3.05, 3.63) is 40.6 Å². The van der Waals surface area contributed by atoms with E-state index in [0.29, 0.717) is 17.7 Å². The van der Waals surface area contributed by atoms with Gasteiger partial charge in [0.15, 0.2) is 5.58 Å². The summed E-state index contributed by atoms with van der Waals surface area (Å²) in [4.78, 5) is 6.86. The first-order valence-corrected chi connectivity index (χ1v) is 7.68. The average Bonchev–Trinajstić information content (AvgIpc) is 2.99. The van der Waals surface area contributed by atoms with Gasteiger partial charge in [-0.05, 0) is 53.4 Å². The molecule has 0 radical (unpaired) electrons. The zero-order chi connectivity index (χ0) is 13.5. The number of anilines is 2. The van der Waals surface area contributed by atoms with Gasteiger partial charge in [-0.15, -0.1) is 0 Å². The minimum atomic E-state index is 0.556. The SMILES string of the molecule is Nc1ccc2oc(N(Cc3ccsc3)C3CC3)nc2c1. The molecule has 2 aromatic heterocycles. The number of benzene rings is 1. The summed E-state index contributed by atoms with van der Waals surface area (Å²) in [6, 6.07) is 9.01. The summed E-state index contributed by atoms with van der Waals surface area (Å²) in [6.07, 6.45) is 2.43. The Bertz CT molecular complexity index is 731. The van der Waals surface area contributed by atoms with Crippen LogP contribution in [0.1, 0.15) is 18.4 Å². The van der Waals surface area contributed by atoms with E-state index in [4.69, 9.17) is 10.2 Å². The second-order valence-electron chi connectivity index (χ2n) is 5.21. The van der Waals surface area contributed by atoms with Crippen LogP contribution in [0.2, 0.25) is 0 Å². The van der Waals surface area contributed by atoms with Crippen LogP contribution in [0, 0.1) is 0 Å². The Hall–Kier alpha value is -2.01.